The van der Waals surface area contributed by atoms with E-state index in [0.717, 1.165) is 30.7 Å². The molecule has 1 saturated heterocycles. The maximum atomic E-state index is 9.81. The molecule has 2 N–H and O–H groups in total. The van der Waals surface area contributed by atoms with Gasteiger partial charge < -0.3 is 19.7 Å². The fourth-order valence-electron chi connectivity index (χ4n) is 3.02. The van der Waals surface area contributed by atoms with Crippen molar-refractivity contribution in [2.24, 2.45) is 0 Å². The number of para-hydroxylation sites is 2. The molecule has 0 bridgehead atoms. The standard InChI is InChI=1S/C16H17N5O2/c22-12-5-1-2-6-13(12)23-8-11-4-3-7-21(11)16-14-15(18-9-17-14)19-10-20-16/h1-2,5-6,9-11,22H,3-4,7-8H2,(H,17,18,19,20)/t11-/m1/s1. The number of nitrogens with one attached hydrogen (secondary N) is 1. The van der Waals surface area contributed by atoms with E-state index in [9.17, 15) is 5.11 Å². The summed E-state index contributed by atoms with van der Waals surface area (Å²) in [5.74, 6) is 1.53. The molecule has 2 aromatic heterocycles. The highest BCUT2D eigenvalue weighted by Crippen LogP contribution is 2.30. The highest BCUT2D eigenvalue weighted by Gasteiger charge is 2.28. The number of aromatic nitrogens is 4. The summed E-state index contributed by atoms with van der Waals surface area (Å²) in [6.45, 7) is 1.41. The molecular weight excluding hydrogens is 294 g/mol. The highest BCUT2D eigenvalue weighted by molar-refractivity contribution is 5.83. The number of nitrogens with zero attached hydrogens (tertiary/aromatic N) is 4. The second-order valence-corrected chi connectivity index (χ2v) is 5.57. The number of phenols is 1. The number of hydrogen-bond donors (Lipinski definition) is 2. The van der Waals surface area contributed by atoms with E-state index in [4.69, 9.17) is 4.74 Å². The van der Waals surface area contributed by atoms with Crippen molar-refractivity contribution in [3.63, 3.8) is 0 Å². The molecule has 0 spiro atoms. The second kappa shape index (κ2) is 5.75. The van der Waals surface area contributed by atoms with Gasteiger partial charge in [-0.25, -0.2) is 15.0 Å². The van der Waals surface area contributed by atoms with E-state index in [2.05, 4.69) is 24.8 Å². The number of H-pyrrole nitrogens is 1. The van der Waals surface area contributed by atoms with Crippen molar-refractivity contribution in [1.82, 2.24) is 19.9 Å². The van der Waals surface area contributed by atoms with Crippen LogP contribution in [0.3, 0.4) is 0 Å². The number of aromatic amines is 1. The summed E-state index contributed by atoms with van der Waals surface area (Å²) in [6.07, 6.45) is 5.27. The molecule has 1 fully saturated rings. The van der Waals surface area contributed by atoms with E-state index in [1.165, 1.54) is 6.33 Å². The molecule has 1 aliphatic heterocycles. The second-order valence-electron chi connectivity index (χ2n) is 5.57. The first-order valence-electron chi connectivity index (χ1n) is 7.64. The zero-order valence-corrected chi connectivity index (χ0v) is 12.5. The van der Waals surface area contributed by atoms with Gasteiger partial charge in [-0.1, -0.05) is 12.1 Å². The molecule has 1 atom stereocenters. The molecule has 0 aliphatic carbocycles. The van der Waals surface area contributed by atoms with Crippen LogP contribution in [0.15, 0.2) is 36.9 Å². The van der Waals surface area contributed by atoms with Crippen LogP contribution in [0.25, 0.3) is 11.2 Å². The van der Waals surface area contributed by atoms with Gasteiger partial charge in [0.2, 0.25) is 0 Å². The van der Waals surface area contributed by atoms with E-state index in [-0.39, 0.29) is 11.8 Å². The number of ether oxygens (including phenoxy) is 1. The quantitative estimate of drug-likeness (QED) is 0.767. The molecule has 1 aliphatic rings. The van der Waals surface area contributed by atoms with Crippen LogP contribution in [0, 0.1) is 0 Å². The summed E-state index contributed by atoms with van der Waals surface area (Å²) in [5, 5.41) is 9.81. The van der Waals surface area contributed by atoms with Gasteiger partial charge in [-0.3, -0.25) is 0 Å². The molecule has 7 nitrogen and oxygen atoms in total. The van der Waals surface area contributed by atoms with E-state index in [0.29, 0.717) is 18.0 Å². The van der Waals surface area contributed by atoms with E-state index in [1.54, 1.807) is 24.5 Å². The smallest absolute Gasteiger partial charge is 0.182 e. The first kappa shape index (κ1) is 13.8. The van der Waals surface area contributed by atoms with Gasteiger partial charge in [-0.2, -0.15) is 0 Å². The van der Waals surface area contributed by atoms with E-state index in [1.807, 2.05) is 6.07 Å². The molecule has 4 rings (SSSR count). The summed E-state index contributed by atoms with van der Waals surface area (Å²) in [5.41, 5.74) is 1.52. The molecule has 1 aromatic carbocycles. The molecule has 0 radical (unpaired) electrons. The summed E-state index contributed by atoms with van der Waals surface area (Å²) in [7, 11) is 0. The summed E-state index contributed by atoms with van der Waals surface area (Å²) >= 11 is 0. The van der Waals surface area contributed by atoms with Gasteiger partial charge in [-0.05, 0) is 25.0 Å². The van der Waals surface area contributed by atoms with E-state index >= 15 is 0 Å². The number of rotatable bonds is 4. The Bertz CT molecular complexity index is 819. The van der Waals surface area contributed by atoms with Gasteiger partial charge in [0, 0.05) is 6.54 Å². The lowest BCUT2D eigenvalue weighted by atomic mass is 10.2. The largest absolute Gasteiger partial charge is 0.504 e. The molecule has 3 heterocycles. The lowest BCUT2D eigenvalue weighted by molar-refractivity contribution is 0.275. The SMILES string of the molecule is Oc1ccccc1OC[C@H]1CCCN1c1ncnc2nc[nH]c12. The first-order chi connectivity index (χ1) is 11.3. The topological polar surface area (TPSA) is 87.2 Å². The van der Waals surface area contributed by atoms with Crippen LogP contribution >= 0.6 is 0 Å². The summed E-state index contributed by atoms with van der Waals surface area (Å²) < 4.78 is 5.81. The van der Waals surface area contributed by atoms with Crippen LogP contribution in [0.5, 0.6) is 11.5 Å². The lowest BCUT2D eigenvalue weighted by Gasteiger charge is -2.25. The molecule has 3 aromatic rings. The highest BCUT2D eigenvalue weighted by atomic mass is 16.5. The van der Waals surface area contributed by atoms with Gasteiger partial charge in [0.25, 0.3) is 0 Å². The molecule has 7 heteroatoms. The normalized spacial score (nSPS) is 17.7. The van der Waals surface area contributed by atoms with Gasteiger partial charge in [0.15, 0.2) is 23.0 Å². The Hall–Kier alpha value is -2.83. The van der Waals surface area contributed by atoms with Crippen LogP contribution in [0.1, 0.15) is 12.8 Å². The molecule has 0 saturated carbocycles. The summed E-state index contributed by atoms with van der Waals surface area (Å²) in [6, 6.07) is 7.23. The maximum Gasteiger partial charge on any atom is 0.182 e. The minimum atomic E-state index is 0.162. The average Bonchev–Trinajstić information content (AvgIpc) is 3.22. The molecule has 0 unspecified atom stereocenters. The van der Waals surface area contributed by atoms with E-state index < -0.39 is 0 Å². The maximum absolute atomic E-state index is 9.81. The molecule has 118 valence electrons. The zero-order valence-electron chi connectivity index (χ0n) is 12.5. The molecular formula is C16H17N5O2. The van der Waals surface area contributed by atoms with Crippen LogP contribution in [0.4, 0.5) is 5.82 Å². The number of aromatic hydroxyl groups is 1. The number of anilines is 1. The Morgan fingerprint density at radius 2 is 2.17 bits per heavy atom. The Morgan fingerprint density at radius 3 is 3.09 bits per heavy atom. The van der Waals surface area contributed by atoms with Crippen molar-refractivity contribution in [2.45, 2.75) is 18.9 Å². The average molecular weight is 311 g/mol. The van der Waals surface area contributed by atoms with Crippen LogP contribution in [0.2, 0.25) is 0 Å². The van der Waals surface area contributed by atoms with Gasteiger partial charge >= 0.3 is 0 Å². The number of benzene rings is 1. The monoisotopic (exact) mass is 311 g/mol. The minimum absolute atomic E-state index is 0.162. The predicted molar refractivity (Wildman–Crippen MR) is 85.7 cm³/mol. The van der Waals surface area contributed by atoms with Crippen molar-refractivity contribution in [3.8, 4) is 11.5 Å². The third-order valence-electron chi connectivity index (χ3n) is 4.15. The fraction of sp³-hybridized carbons (Fsp3) is 0.312. The van der Waals surface area contributed by atoms with Crippen molar-refractivity contribution in [2.75, 3.05) is 18.1 Å². The Kier molecular flexibility index (Phi) is 3.45. The van der Waals surface area contributed by atoms with Gasteiger partial charge in [0.05, 0.1) is 12.4 Å². The van der Waals surface area contributed by atoms with Crippen molar-refractivity contribution in [1.29, 1.82) is 0 Å². The van der Waals surface area contributed by atoms with Gasteiger partial charge in [0.1, 0.15) is 18.5 Å². The number of fused-ring (bicyclic) bond motifs is 1. The zero-order chi connectivity index (χ0) is 15.6. The minimum Gasteiger partial charge on any atom is -0.504 e. The number of phenolic OH excluding ortho intramolecular Hbond substituents is 1. The fourth-order valence-corrected chi connectivity index (χ4v) is 3.02. The number of imidazole rings is 1. The molecule has 0 amide bonds. The lowest BCUT2D eigenvalue weighted by Crippen LogP contribution is -2.35. The van der Waals surface area contributed by atoms with Crippen LogP contribution in [-0.4, -0.2) is 44.2 Å². The summed E-state index contributed by atoms with van der Waals surface area (Å²) in [4.78, 5) is 18.1. The van der Waals surface area contributed by atoms with Crippen molar-refractivity contribution < 1.29 is 9.84 Å². The van der Waals surface area contributed by atoms with Crippen molar-refractivity contribution >= 4 is 17.0 Å². The third-order valence-corrected chi connectivity index (χ3v) is 4.15. The number of hydrogen-bond acceptors (Lipinski definition) is 6. The Balaban J connectivity index is 1.55. The van der Waals surface area contributed by atoms with Gasteiger partial charge in [-0.15, -0.1) is 0 Å². The first-order valence-corrected chi connectivity index (χ1v) is 7.64. The van der Waals surface area contributed by atoms with Crippen LogP contribution < -0.4 is 9.64 Å². The Morgan fingerprint density at radius 1 is 1.26 bits per heavy atom. The third kappa shape index (κ3) is 2.54. The molecule has 23 heavy (non-hydrogen) atoms. The Labute approximate surface area is 133 Å². The van der Waals surface area contributed by atoms with Crippen LogP contribution in [-0.2, 0) is 0 Å². The van der Waals surface area contributed by atoms with Crippen molar-refractivity contribution in [3.05, 3.63) is 36.9 Å². The predicted octanol–water partition coefficient (Wildman–Crippen LogP) is 2.11.